The molecule has 4 atom stereocenters. The maximum atomic E-state index is 9.97. The quantitative estimate of drug-likeness (QED) is 0.286. The van der Waals surface area contributed by atoms with Crippen LogP contribution >= 0.6 is 0 Å². The lowest BCUT2D eigenvalue weighted by molar-refractivity contribution is -0.211. The minimum absolute atomic E-state index is 0.0427. The van der Waals surface area contributed by atoms with E-state index in [1.54, 1.807) is 0 Å². The van der Waals surface area contributed by atoms with Gasteiger partial charge in [0.25, 0.3) is 0 Å². The van der Waals surface area contributed by atoms with Gasteiger partial charge in [0.2, 0.25) is 0 Å². The Morgan fingerprint density at radius 2 is 1.42 bits per heavy atom. The summed E-state index contributed by atoms with van der Waals surface area (Å²) in [7, 11) is 0. The Hall–Kier alpha value is -0.460. The summed E-state index contributed by atoms with van der Waals surface area (Å²) in [5.41, 5.74) is 0. The minimum Gasteiger partial charge on any atom is -0.394 e. The van der Waals surface area contributed by atoms with Gasteiger partial charge in [0, 0.05) is 6.61 Å². The molecule has 1 heterocycles. The first-order chi connectivity index (χ1) is 12.7. The molecule has 0 saturated carbocycles. The van der Waals surface area contributed by atoms with Gasteiger partial charge >= 0.3 is 0 Å². The molecule has 0 bridgehead atoms. The van der Waals surface area contributed by atoms with Crippen molar-refractivity contribution in [2.45, 2.75) is 101 Å². The van der Waals surface area contributed by atoms with E-state index >= 15 is 0 Å². The monoisotopic (exact) mass is 372 g/mol. The van der Waals surface area contributed by atoms with Crippen LogP contribution in [0.4, 0.5) is 0 Å². The molecule has 0 unspecified atom stereocenters. The molecule has 1 saturated heterocycles. The van der Waals surface area contributed by atoms with Crippen LogP contribution in [-0.4, -0.2) is 59.6 Å². The fourth-order valence-corrected chi connectivity index (χ4v) is 3.42. The standard InChI is InChI=1S/C21H40O5/c1-2-3-4-5-6-7-8-9-10-11-12-13-14-15-25-21-19(16-22)26-17-18(23)20(21)24/h2,18-24H,1,3-17H2/t18-,19+,20+,21+/m1/s1. The van der Waals surface area contributed by atoms with Crippen molar-refractivity contribution in [1.29, 1.82) is 0 Å². The Kier molecular flexibility index (Phi) is 14.1. The number of hydrogen-bond acceptors (Lipinski definition) is 5. The maximum Gasteiger partial charge on any atom is 0.114 e. The first kappa shape index (κ1) is 23.6. The van der Waals surface area contributed by atoms with E-state index < -0.39 is 24.4 Å². The van der Waals surface area contributed by atoms with Crippen LogP contribution in [0.2, 0.25) is 0 Å². The average Bonchev–Trinajstić information content (AvgIpc) is 2.65. The van der Waals surface area contributed by atoms with Gasteiger partial charge in [-0.2, -0.15) is 0 Å². The highest BCUT2D eigenvalue weighted by atomic mass is 16.6. The van der Waals surface area contributed by atoms with E-state index in [1.807, 2.05) is 6.08 Å². The minimum atomic E-state index is -0.988. The number of unbranched alkanes of at least 4 members (excludes halogenated alkanes) is 11. The second kappa shape index (κ2) is 15.6. The molecular weight excluding hydrogens is 332 g/mol. The molecule has 3 N–H and O–H groups in total. The van der Waals surface area contributed by atoms with Gasteiger partial charge in [-0.05, 0) is 19.3 Å². The molecule has 0 amide bonds. The van der Waals surface area contributed by atoms with Crippen LogP contribution in [0.3, 0.4) is 0 Å². The normalized spacial score (nSPS) is 26.1. The molecule has 154 valence electrons. The Morgan fingerprint density at radius 3 is 1.96 bits per heavy atom. The lowest BCUT2D eigenvalue weighted by atomic mass is 10.0. The van der Waals surface area contributed by atoms with Gasteiger partial charge in [-0.15, -0.1) is 6.58 Å². The van der Waals surface area contributed by atoms with Crippen molar-refractivity contribution in [3.8, 4) is 0 Å². The van der Waals surface area contributed by atoms with Crippen LogP contribution in [0.15, 0.2) is 12.7 Å². The number of aliphatic hydroxyl groups excluding tert-OH is 3. The first-order valence-electron chi connectivity index (χ1n) is 10.5. The molecule has 5 nitrogen and oxygen atoms in total. The Morgan fingerprint density at radius 1 is 0.885 bits per heavy atom. The van der Waals surface area contributed by atoms with Gasteiger partial charge in [0.15, 0.2) is 0 Å². The molecule has 1 rings (SSSR count). The molecule has 1 aliphatic heterocycles. The SMILES string of the molecule is C=CCCCCCCCCCCCCCO[C@@H]1[C@@H](O)[C@H](O)CO[C@H]1CO. The van der Waals surface area contributed by atoms with Crippen molar-refractivity contribution < 1.29 is 24.8 Å². The van der Waals surface area contributed by atoms with Crippen molar-refractivity contribution in [2.24, 2.45) is 0 Å². The summed E-state index contributed by atoms with van der Waals surface area (Å²) in [6.07, 6.45) is 13.9. The van der Waals surface area contributed by atoms with Crippen molar-refractivity contribution in [1.82, 2.24) is 0 Å². The van der Waals surface area contributed by atoms with Crippen LogP contribution in [0.1, 0.15) is 77.0 Å². The molecule has 0 aromatic carbocycles. The van der Waals surface area contributed by atoms with Crippen LogP contribution in [0, 0.1) is 0 Å². The molecule has 1 aliphatic rings. The lowest BCUT2D eigenvalue weighted by Gasteiger charge is -2.37. The van der Waals surface area contributed by atoms with Gasteiger partial charge in [-0.25, -0.2) is 0 Å². The number of ether oxygens (including phenoxy) is 2. The van der Waals surface area contributed by atoms with E-state index in [2.05, 4.69) is 6.58 Å². The highest BCUT2D eigenvalue weighted by Crippen LogP contribution is 2.19. The van der Waals surface area contributed by atoms with E-state index in [9.17, 15) is 15.3 Å². The van der Waals surface area contributed by atoms with Gasteiger partial charge in [-0.1, -0.05) is 63.9 Å². The molecule has 0 spiro atoms. The smallest absolute Gasteiger partial charge is 0.114 e. The molecule has 1 fully saturated rings. The van der Waals surface area contributed by atoms with Crippen molar-refractivity contribution in [2.75, 3.05) is 19.8 Å². The van der Waals surface area contributed by atoms with Crippen LogP contribution in [0.25, 0.3) is 0 Å². The summed E-state index contributed by atoms with van der Waals surface area (Å²) in [6, 6.07) is 0. The third-order valence-corrected chi connectivity index (χ3v) is 5.12. The average molecular weight is 373 g/mol. The fraction of sp³-hybridized carbons (Fsp3) is 0.905. The molecular formula is C21H40O5. The van der Waals surface area contributed by atoms with E-state index in [0.717, 1.165) is 19.3 Å². The van der Waals surface area contributed by atoms with Crippen molar-refractivity contribution >= 4 is 0 Å². The Bertz CT molecular complexity index is 334. The molecule has 0 aliphatic carbocycles. The fourth-order valence-electron chi connectivity index (χ4n) is 3.42. The summed E-state index contributed by atoms with van der Waals surface area (Å²) >= 11 is 0. The molecule has 26 heavy (non-hydrogen) atoms. The summed E-state index contributed by atoms with van der Waals surface area (Å²) in [4.78, 5) is 0. The van der Waals surface area contributed by atoms with E-state index in [1.165, 1.54) is 57.8 Å². The Labute approximate surface area is 159 Å². The van der Waals surface area contributed by atoms with E-state index in [-0.39, 0.29) is 13.2 Å². The number of hydrogen-bond donors (Lipinski definition) is 3. The number of rotatable bonds is 16. The highest BCUT2D eigenvalue weighted by molar-refractivity contribution is 4.87. The second-order valence-corrected chi connectivity index (χ2v) is 7.41. The Balaban J connectivity index is 1.90. The zero-order chi connectivity index (χ0) is 19.0. The maximum absolute atomic E-state index is 9.97. The third-order valence-electron chi connectivity index (χ3n) is 5.12. The summed E-state index contributed by atoms with van der Waals surface area (Å²) in [5.74, 6) is 0. The topological polar surface area (TPSA) is 79.2 Å². The van der Waals surface area contributed by atoms with E-state index in [4.69, 9.17) is 9.47 Å². The van der Waals surface area contributed by atoms with Gasteiger partial charge < -0.3 is 24.8 Å². The third kappa shape index (κ3) is 10.0. The predicted octanol–water partition coefficient (Wildman–Crippen LogP) is 3.35. The first-order valence-corrected chi connectivity index (χ1v) is 10.5. The summed E-state index contributed by atoms with van der Waals surface area (Å²) in [6.45, 7) is 4.11. The van der Waals surface area contributed by atoms with Crippen LogP contribution < -0.4 is 0 Å². The predicted molar refractivity (Wildman–Crippen MR) is 104 cm³/mol. The van der Waals surface area contributed by atoms with Crippen molar-refractivity contribution in [3.63, 3.8) is 0 Å². The number of allylic oxidation sites excluding steroid dienone is 1. The van der Waals surface area contributed by atoms with Gasteiger partial charge in [-0.3, -0.25) is 0 Å². The molecule has 0 aromatic heterocycles. The zero-order valence-electron chi connectivity index (χ0n) is 16.4. The van der Waals surface area contributed by atoms with E-state index in [0.29, 0.717) is 6.61 Å². The van der Waals surface area contributed by atoms with Crippen LogP contribution in [0.5, 0.6) is 0 Å². The van der Waals surface area contributed by atoms with Crippen molar-refractivity contribution in [3.05, 3.63) is 12.7 Å². The van der Waals surface area contributed by atoms with Gasteiger partial charge in [0.05, 0.1) is 13.2 Å². The van der Waals surface area contributed by atoms with Gasteiger partial charge in [0.1, 0.15) is 24.4 Å². The highest BCUT2D eigenvalue weighted by Gasteiger charge is 2.39. The largest absolute Gasteiger partial charge is 0.394 e. The molecule has 5 heteroatoms. The zero-order valence-corrected chi connectivity index (χ0v) is 16.4. The molecule has 0 aromatic rings. The van der Waals surface area contributed by atoms with Crippen LogP contribution in [-0.2, 0) is 9.47 Å². The molecule has 0 radical (unpaired) electrons. The summed E-state index contributed by atoms with van der Waals surface area (Å²) in [5, 5.41) is 28.9. The lowest BCUT2D eigenvalue weighted by Crippen LogP contribution is -2.55. The summed E-state index contributed by atoms with van der Waals surface area (Å²) < 4.78 is 11.0. The second-order valence-electron chi connectivity index (χ2n) is 7.41. The number of aliphatic hydroxyl groups is 3.